The van der Waals surface area contributed by atoms with Crippen LogP contribution < -0.4 is 31.6 Å². The average Bonchev–Trinajstić information content (AvgIpc) is 3.76. The molecule has 2 aromatic carbocycles. The Hall–Kier alpha value is -5.10. The summed E-state index contributed by atoms with van der Waals surface area (Å²) in [6.07, 6.45) is 7.95. The van der Waals surface area contributed by atoms with E-state index in [1.807, 2.05) is 42.5 Å². The Morgan fingerprint density at radius 1 is 0.824 bits per heavy atom. The van der Waals surface area contributed by atoms with Gasteiger partial charge in [-0.3, -0.25) is 23.8 Å². The van der Waals surface area contributed by atoms with Crippen molar-refractivity contribution in [1.82, 2.24) is 35.6 Å². The Morgan fingerprint density at radius 2 is 1.45 bits per heavy atom. The molecule has 2 atom stereocenters. The minimum Gasteiger partial charge on any atom is -0.496 e. The molecule has 2 amide bonds. The van der Waals surface area contributed by atoms with Crippen molar-refractivity contribution in [3.8, 4) is 39.3 Å². The SMILES string of the molecule is COc1cc(-c2cccc(-c3cccc(-c4ccn5c(=O)c(CNCC6CCC(=O)N6)cnc5c4)c3C)c2Cl)ncc1CNCC1CCC(=O)N1. The van der Waals surface area contributed by atoms with Crippen LogP contribution in [0.3, 0.4) is 0 Å². The molecule has 5 heterocycles. The maximum Gasteiger partial charge on any atom is 0.262 e. The summed E-state index contributed by atoms with van der Waals surface area (Å²) in [6.45, 7) is 4.28. The van der Waals surface area contributed by atoms with Gasteiger partial charge in [-0.1, -0.05) is 48.0 Å². The minimum atomic E-state index is -0.128. The van der Waals surface area contributed by atoms with Crippen molar-refractivity contribution in [2.75, 3.05) is 20.2 Å². The van der Waals surface area contributed by atoms with Gasteiger partial charge < -0.3 is 26.0 Å². The van der Waals surface area contributed by atoms with E-state index < -0.39 is 0 Å². The third-order valence-corrected chi connectivity index (χ3v) is 10.1. The molecule has 0 radical (unpaired) electrons. The van der Waals surface area contributed by atoms with Gasteiger partial charge in [-0.15, -0.1) is 0 Å². The molecule has 0 saturated carbocycles. The van der Waals surface area contributed by atoms with Crippen molar-refractivity contribution in [2.45, 2.75) is 57.8 Å². The molecule has 0 bridgehead atoms. The largest absolute Gasteiger partial charge is 0.496 e. The summed E-state index contributed by atoms with van der Waals surface area (Å²) < 4.78 is 7.30. The molecule has 0 spiro atoms. The zero-order valence-electron chi connectivity index (χ0n) is 28.6. The number of nitrogens with one attached hydrogen (secondary N) is 4. The van der Waals surface area contributed by atoms with Crippen LogP contribution in [-0.2, 0) is 22.7 Å². The first-order chi connectivity index (χ1) is 24.8. The molecule has 11 nitrogen and oxygen atoms in total. The van der Waals surface area contributed by atoms with Crippen LogP contribution in [0.4, 0.5) is 0 Å². The number of fused-ring (bicyclic) bond motifs is 1. The summed E-state index contributed by atoms with van der Waals surface area (Å²) in [7, 11) is 1.64. The molecule has 2 aliphatic rings. The maximum absolute atomic E-state index is 13.3. The number of halogens is 1. The normalized spacial score (nSPS) is 17.2. The molecule has 12 heteroatoms. The van der Waals surface area contributed by atoms with Crippen LogP contribution in [0, 0.1) is 6.92 Å². The summed E-state index contributed by atoms with van der Waals surface area (Å²) in [5, 5.41) is 13.2. The van der Waals surface area contributed by atoms with Gasteiger partial charge >= 0.3 is 0 Å². The van der Waals surface area contributed by atoms with Crippen LogP contribution in [0.15, 0.2) is 78.0 Å². The van der Waals surface area contributed by atoms with Gasteiger partial charge in [0, 0.05) is 98.0 Å². The predicted molar refractivity (Wildman–Crippen MR) is 198 cm³/mol. The van der Waals surface area contributed by atoms with Crippen molar-refractivity contribution in [3.63, 3.8) is 0 Å². The lowest BCUT2D eigenvalue weighted by Crippen LogP contribution is -2.36. The van der Waals surface area contributed by atoms with E-state index >= 15 is 0 Å². The first kappa shape index (κ1) is 34.4. The van der Waals surface area contributed by atoms with Crippen LogP contribution in [0.25, 0.3) is 39.2 Å². The predicted octanol–water partition coefficient (Wildman–Crippen LogP) is 4.80. The second-order valence-corrected chi connectivity index (χ2v) is 13.5. The molecule has 51 heavy (non-hydrogen) atoms. The number of methoxy groups -OCH3 is 1. The second kappa shape index (κ2) is 15.0. The number of ether oxygens (including phenoxy) is 1. The van der Waals surface area contributed by atoms with Crippen molar-refractivity contribution < 1.29 is 14.3 Å². The molecule has 2 saturated heterocycles. The summed E-state index contributed by atoms with van der Waals surface area (Å²) >= 11 is 7.14. The van der Waals surface area contributed by atoms with Gasteiger partial charge in [0.15, 0.2) is 0 Å². The van der Waals surface area contributed by atoms with Crippen LogP contribution >= 0.6 is 11.6 Å². The third-order valence-electron chi connectivity index (χ3n) is 9.74. The van der Waals surface area contributed by atoms with Crippen molar-refractivity contribution in [1.29, 1.82) is 0 Å². The maximum atomic E-state index is 13.3. The molecule has 3 aromatic heterocycles. The molecule has 4 N–H and O–H groups in total. The molecule has 2 aliphatic heterocycles. The Balaban J connectivity index is 1.10. The smallest absolute Gasteiger partial charge is 0.262 e. The fourth-order valence-electron chi connectivity index (χ4n) is 6.94. The van der Waals surface area contributed by atoms with Gasteiger partial charge in [-0.05, 0) is 54.2 Å². The fraction of sp³-hybridized carbons (Fsp3) is 0.308. The highest BCUT2D eigenvalue weighted by Gasteiger charge is 2.22. The van der Waals surface area contributed by atoms with Gasteiger partial charge in [-0.2, -0.15) is 0 Å². The molecule has 2 unspecified atom stereocenters. The summed E-state index contributed by atoms with van der Waals surface area (Å²) in [5.74, 6) is 0.873. The van der Waals surface area contributed by atoms with E-state index in [4.69, 9.17) is 21.3 Å². The Morgan fingerprint density at radius 3 is 2.12 bits per heavy atom. The number of carbonyl (C=O) groups excluding carboxylic acids is 2. The lowest BCUT2D eigenvalue weighted by Gasteiger charge is -2.16. The van der Waals surface area contributed by atoms with Crippen molar-refractivity contribution in [2.24, 2.45) is 0 Å². The number of nitrogens with zero attached hydrogens (tertiary/aromatic N) is 3. The zero-order valence-corrected chi connectivity index (χ0v) is 29.3. The number of benzene rings is 2. The topological polar surface area (TPSA) is 139 Å². The second-order valence-electron chi connectivity index (χ2n) is 13.1. The van der Waals surface area contributed by atoms with Gasteiger partial charge in [0.05, 0.1) is 17.8 Å². The number of hydrogen-bond donors (Lipinski definition) is 4. The number of pyridine rings is 2. The van der Waals surface area contributed by atoms with Crippen LogP contribution in [-0.4, -0.2) is 58.5 Å². The van der Waals surface area contributed by atoms with Crippen LogP contribution in [0.1, 0.15) is 42.4 Å². The van der Waals surface area contributed by atoms with E-state index in [1.165, 1.54) is 0 Å². The van der Waals surface area contributed by atoms with E-state index in [-0.39, 0.29) is 29.5 Å². The Labute approximate surface area is 300 Å². The van der Waals surface area contributed by atoms with E-state index in [0.29, 0.717) is 66.7 Å². The minimum absolute atomic E-state index is 0.0701. The first-order valence-electron chi connectivity index (χ1n) is 17.2. The quantitative estimate of drug-likeness (QED) is 0.145. The fourth-order valence-corrected chi connectivity index (χ4v) is 7.26. The Kier molecular flexibility index (Phi) is 10.1. The molecule has 0 aliphatic carbocycles. The van der Waals surface area contributed by atoms with E-state index in [1.54, 1.807) is 30.1 Å². The van der Waals surface area contributed by atoms with Gasteiger partial charge in [0.25, 0.3) is 5.56 Å². The monoisotopic (exact) mass is 705 g/mol. The standard InChI is InChI=1S/C39H40ClN7O4/c1-23-29(24-13-14-47-35(15-24)44-20-26(39(47)50)18-42-22-28-10-12-37(49)46-28)5-3-6-30(23)31-7-4-8-32(38(31)40)33-16-34(51-2)25(19-43-33)17-41-21-27-9-11-36(48)45-27/h3-8,13-16,19-20,27-28,41-42H,9-12,17-18,21-22H2,1-2H3,(H,45,48)(H,46,49). The van der Waals surface area contributed by atoms with Crippen molar-refractivity contribution >= 4 is 29.1 Å². The van der Waals surface area contributed by atoms with E-state index in [2.05, 4.69) is 45.3 Å². The molecule has 2 fully saturated rings. The average molecular weight is 706 g/mol. The highest BCUT2D eigenvalue weighted by molar-refractivity contribution is 6.36. The highest BCUT2D eigenvalue weighted by Crippen LogP contribution is 2.40. The number of rotatable bonds is 12. The van der Waals surface area contributed by atoms with E-state index in [9.17, 15) is 14.4 Å². The van der Waals surface area contributed by atoms with Crippen LogP contribution in [0.2, 0.25) is 5.02 Å². The summed E-state index contributed by atoms with van der Waals surface area (Å²) in [6, 6.07) is 18.0. The molecule has 5 aromatic rings. The summed E-state index contributed by atoms with van der Waals surface area (Å²) in [5.41, 5.74) is 8.22. The molecule has 262 valence electrons. The van der Waals surface area contributed by atoms with Gasteiger partial charge in [0.1, 0.15) is 11.4 Å². The number of hydrogen-bond acceptors (Lipinski definition) is 8. The molecular formula is C39H40ClN7O4. The van der Waals surface area contributed by atoms with Crippen LogP contribution in [0.5, 0.6) is 5.75 Å². The van der Waals surface area contributed by atoms with Gasteiger partial charge in [0.2, 0.25) is 11.8 Å². The van der Waals surface area contributed by atoms with Crippen molar-refractivity contribution in [3.05, 3.63) is 105 Å². The molecule has 7 rings (SSSR count). The van der Waals surface area contributed by atoms with Gasteiger partial charge in [-0.25, -0.2) is 4.98 Å². The number of amides is 2. The molecular weight excluding hydrogens is 666 g/mol. The first-order valence-corrected chi connectivity index (χ1v) is 17.6. The zero-order chi connectivity index (χ0) is 35.5. The lowest BCUT2D eigenvalue weighted by atomic mass is 9.92. The third kappa shape index (κ3) is 7.37. The van der Waals surface area contributed by atoms with E-state index in [0.717, 1.165) is 51.8 Å². The lowest BCUT2D eigenvalue weighted by molar-refractivity contribution is -0.120. The number of aromatic nitrogens is 3. The summed E-state index contributed by atoms with van der Waals surface area (Å²) in [4.78, 5) is 45.6. The Bertz CT molecular complexity index is 2190. The highest BCUT2D eigenvalue weighted by atomic mass is 35.5. The number of carbonyl (C=O) groups is 2.